The summed E-state index contributed by atoms with van der Waals surface area (Å²) >= 11 is 0. The number of hydrogen-bond acceptors (Lipinski definition) is 5. The molecule has 0 amide bonds. The number of ether oxygens (including phenoxy) is 2. The Hall–Kier alpha value is -2.79. The fourth-order valence-corrected chi connectivity index (χ4v) is 2.21. The first kappa shape index (κ1) is 16.1. The van der Waals surface area contributed by atoms with Gasteiger partial charge in [0.25, 0.3) is 0 Å². The third-order valence-corrected chi connectivity index (χ3v) is 3.47. The Kier molecular flexibility index (Phi) is 5.13. The first-order chi connectivity index (χ1) is 11.8. The monoisotopic (exact) mass is 325 g/mol. The Labute approximate surface area is 140 Å². The van der Waals surface area contributed by atoms with Crippen LogP contribution in [0.15, 0.2) is 59.0 Å². The Morgan fingerprint density at radius 3 is 2.29 bits per heavy atom. The summed E-state index contributed by atoms with van der Waals surface area (Å²) in [7, 11) is 0. The van der Waals surface area contributed by atoms with Crippen LogP contribution in [0.25, 0.3) is 11.5 Å². The zero-order valence-corrected chi connectivity index (χ0v) is 13.4. The van der Waals surface area contributed by atoms with Crippen LogP contribution >= 0.6 is 0 Å². The minimum Gasteiger partial charge on any atom is -0.491 e. The minimum absolute atomic E-state index is 0.00651. The number of aliphatic hydroxyl groups is 1. The summed E-state index contributed by atoms with van der Waals surface area (Å²) in [6, 6.07) is 17.0. The number of nitrogens with zero attached hydrogens (tertiary/aromatic N) is 1. The van der Waals surface area contributed by atoms with Gasteiger partial charge in [0.1, 0.15) is 36.2 Å². The molecule has 0 atom stereocenters. The van der Waals surface area contributed by atoms with Crippen LogP contribution in [0.2, 0.25) is 0 Å². The maximum absolute atomic E-state index is 8.74. The van der Waals surface area contributed by atoms with Gasteiger partial charge in [-0.25, -0.2) is 4.98 Å². The predicted molar refractivity (Wildman–Crippen MR) is 90.0 cm³/mol. The highest BCUT2D eigenvalue weighted by molar-refractivity contribution is 5.53. The molecule has 2 aromatic carbocycles. The summed E-state index contributed by atoms with van der Waals surface area (Å²) in [4.78, 5) is 4.51. The molecule has 0 radical (unpaired) electrons. The van der Waals surface area contributed by atoms with E-state index in [-0.39, 0.29) is 13.2 Å². The number of aryl methyl sites for hydroxylation is 1. The van der Waals surface area contributed by atoms with E-state index >= 15 is 0 Å². The Balaban J connectivity index is 1.63. The molecular formula is C19H19NO4. The largest absolute Gasteiger partial charge is 0.491 e. The zero-order chi connectivity index (χ0) is 16.8. The van der Waals surface area contributed by atoms with Crippen LogP contribution in [0, 0.1) is 6.92 Å². The van der Waals surface area contributed by atoms with Crippen LogP contribution in [0.5, 0.6) is 11.5 Å². The number of rotatable bonds is 7. The highest BCUT2D eigenvalue weighted by Crippen LogP contribution is 2.23. The second kappa shape index (κ2) is 7.66. The third kappa shape index (κ3) is 3.94. The van der Waals surface area contributed by atoms with E-state index in [4.69, 9.17) is 19.0 Å². The minimum atomic E-state index is -0.00651. The van der Waals surface area contributed by atoms with E-state index in [1.54, 1.807) is 12.1 Å². The number of hydrogen-bond donors (Lipinski definition) is 1. The van der Waals surface area contributed by atoms with E-state index in [2.05, 4.69) is 4.98 Å². The Morgan fingerprint density at radius 2 is 1.62 bits per heavy atom. The maximum atomic E-state index is 8.74. The van der Waals surface area contributed by atoms with Crippen LogP contribution in [0.3, 0.4) is 0 Å². The van der Waals surface area contributed by atoms with Gasteiger partial charge in [-0.1, -0.05) is 18.2 Å². The van der Waals surface area contributed by atoms with Crippen molar-refractivity contribution >= 4 is 0 Å². The number of oxazole rings is 1. The van der Waals surface area contributed by atoms with E-state index in [0.717, 1.165) is 22.8 Å². The van der Waals surface area contributed by atoms with E-state index in [1.807, 2.05) is 49.4 Å². The van der Waals surface area contributed by atoms with Gasteiger partial charge in [0.2, 0.25) is 5.89 Å². The molecule has 3 aromatic rings. The summed E-state index contributed by atoms with van der Waals surface area (Å²) in [6.45, 7) is 2.48. The van der Waals surface area contributed by atoms with E-state index < -0.39 is 0 Å². The molecule has 24 heavy (non-hydrogen) atoms. The lowest BCUT2D eigenvalue weighted by molar-refractivity contribution is 0.201. The SMILES string of the molecule is Cc1oc(-c2ccccc2)nc1COc1ccc(OCCO)cc1. The first-order valence-corrected chi connectivity index (χ1v) is 7.74. The lowest BCUT2D eigenvalue weighted by Gasteiger charge is -2.07. The highest BCUT2D eigenvalue weighted by atomic mass is 16.5. The predicted octanol–water partition coefficient (Wildman–Crippen LogP) is 3.60. The Bertz CT molecular complexity index is 766. The second-order valence-electron chi connectivity index (χ2n) is 5.22. The highest BCUT2D eigenvalue weighted by Gasteiger charge is 2.11. The quantitative estimate of drug-likeness (QED) is 0.719. The van der Waals surface area contributed by atoms with Crippen molar-refractivity contribution < 1.29 is 19.0 Å². The van der Waals surface area contributed by atoms with Gasteiger partial charge >= 0.3 is 0 Å². The molecule has 0 bridgehead atoms. The van der Waals surface area contributed by atoms with Crippen LogP contribution in [-0.4, -0.2) is 23.3 Å². The zero-order valence-electron chi connectivity index (χ0n) is 13.4. The number of aliphatic hydroxyl groups excluding tert-OH is 1. The average molecular weight is 325 g/mol. The summed E-state index contributed by atoms with van der Waals surface area (Å²) in [6.07, 6.45) is 0. The van der Waals surface area contributed by atoms with Crippen LogP contribution in [-0.2, 0) is 6.61 Å². The molecule has 1 aromatic heterocycles. The third-order valence-electron chi connectivity index (χ3n) is 3.47. The normalized spacial score (nSPS) is 10.6. The number of benzene rings is 2. The summed E-state index contributed by atoms with van der Waals surface area (Å²) in [5.41, 5.74) is 1.71. The van der Waals surface area contributed by atoms with Crippen LogP contribution < -0.4 is 9.47 Å². The average Bonchev–Trinajstić information content (AvgIpc) is 3.01. The summed E-state index contributed by atoms with van der Waals surface area (Å²) in [5, 5.41) is 8.74. The molecule has 124 valence electrons. The van der Waals surface area contributed by atoms with Crippen LogP contribution in [0.1, 0.15) is 11.5 Å². The van der Waals surface area contributed by atoms with Gasteiger partial charge in [0, 0.05) is 5.56 Å². The molecule has 5 nitrogen and oxygen atoms in total. The van der Waals surface area contributed by atoms with E-state index in [9.17, 15) is 0 Å². The molecule has 0 aliphatic heterocycles. The van der Waals surface area contributed by atoms with Crippen molar-refractivity contribution in [3.8, 4) is 23.0 Å². The molecule has 0 saturated carbocycles. The van der Waals surface area contributed by atoms with Crippen molar-refractivity contribution in [2.45, 2.75) is 13.5 Å². The fraction of sp³-hybridized carbons (Fsp3) is 0.211. The molecule has 0 aliphatic carbocycles. The molecule has 1 heterocycles. The summed E-state index contributed by atoms with van der Waals surface area (Å²) in [5.74, 6) is 2.76. The summed E-state index contributed by atoms with van der Waals surface area (Å²) < 4.78 is 16.8. The van der Waals surface area contributed by atoms with Crippen molar-refractivity contribution in [1.82, 2.24) is 4.98 Å². The molecule has 0 saturated heterocycles. The molecule has 0 fully saturated rings. The molecule has 5 heteroatoms. The lowest BCUT2D eigenvalue weighted by atomic mass is 10.2. The van der Waals surface area contributed by atoms with Crippen molar-refractivity contribution in [2.75, 3.05) is 13.2 Å². The lowest BCUT2D eigenvalue weighted by Crippen LogP contribution is -2.01. The molecule has 0 spiro atoms. The van der Waals surface area contributed by atoms with Gasteiger partial charge in [0.05, 0.1) is 6.61 Å². The van der Waals surface area contributed by atoms with Gasteiger partial charge in [-0.05, 0) is 43.3 Å². The molecule has 1 N–H and O–H groups in total. The van der Waals surface area contributed by atoms with E-state index in [0.29, 0.717) is 18.2 Å². The number of aromatic nitrogens is 1. The van der Waals surface area contributed by atoms with Gasteiger partial charge in [-0.15, -0.1) is 0 Å². The van der Waals surface area contributed by atoms with E-state index in [1.165, 1.54) is 0 Å². The second-order valence-corrected chi connectivity index (χ2v) is 5.22. The maximum Gasteiger partial charge on any atom is 0.226 e. The van der Waals surface area contributed by atoms with Gasteiger partial charge in [-0.3, -0.25) is 0 Å². The van der Waals surface area contributed by atoms with Crippen LogP contribution in [0.4, 0.5) is 0 Å². The van der Waals surface area contributed by atoms with Crippen molar-refractivity contribution in [3.63, 3.8) is 0 Å². The fourth-order valence-electron chi connectivity index (χ4n) is 2.21. The smallest absolute Gasteiger partial charge is 0.226 e. The van der Waals surface area contributed by atoms with Gasteiger partial charge in [-0.2, -0.15) is 0 Å². The first-order valence-electron chi connectivity index (χ1n) is 7.74. The van der Waals surface area contributed by atoms with Crippen molar-refractivity contribution in [1.29, 1.82) is 0 Å². The molecular weight excluding hydrogens is 306 g/mol. The Morgan fingerprint density at radius 1 is 0.958 bits per heavy atom. The van der Waals surface area contributed by atoms with Gasteiger partial charge in [0.15, 0.2) is 0 Å². The standard InChI is InChI=1S/C19H19NO4/c1-14-18(20-19(24-14)15-5-3-2-4-6-15)13-23-17-9-7-16(8-10-17)22-12-11-21/h2-10,21H,11-13H2,1H3. The van der Waals surface area contributed by atoms with Gasteiger partial charge < -0.3 is 19.0 Å². The molecule has 0 aliphatic rings. The molecule has 3 rings (SSSR count). The van der Waals surface area contributed by atoms with Crippen molar-refractivity contribution in [3.05, 3.63) is 66.1 Å². The topological polar surface area (TPSA) is 64.7 Å². The van der Waals surface area contributed by atoms with Crippen molar-refractivity contribution in [2.24, 2.45) is 0 Å². The molecule has 0 unspecified atom stereocenters.